The van der Waals surface area contributed by atoms with Gasteiger partial charge in [-0.1, -0.05) is 0 Å². The normalized spacial score (nSPS) is 29.8. The van der Waals surface area contributed by atoms with Gasteiger partial charge in [0.25, 0.3) is 0 Å². The number of ketones is 1. The number of nitrogens with zero attached hydrogens (tertiary/aromatic N) is 1. The van der Waals surface area contributed by atoms with Crippen molar-refractivity contribution in [2.75, 3.05) is 6.54 Å². The summed E-state index contributed by atoms with van der Waals surface area (Å²) >= 11 is 0. The first-order chi connectivity index (χ1) is 6.87. The molecule has 2 rings (SSSR count). The summed E-state index contributed by atoms with van der Waals surface area (Å²) in [6, 6.07) is 0.0948. The number of rotatable bonds is 0. The average Bonchev–Trinajstić information content (AvgIpc) is 2.58. The summed E-state index contributed by atoms with van der Waals surface area (Å²) < 4.78 is 5.29. The van der Waals surface area contributed by atoms with Crippen molar-refractivity contribution in [1.82, 2.24) is 4.90 Å². The zero-order valence-electron chi connectivity index (χ0n) is 9.45. The van der Waals surface area contributed by atoms with Gasteiger partial charge in [0.05, 0.1) is 0 Å². The van der Waals surface area contributed by atoms with Crippen molar-refractivity contribution in [3.8, 4) is 0 Å². The van der Waals surface area contributed by atoms with Crippen LogP contribution in [0, 0.1) is 5.92 Å². The second kappa shape index (κ2) is 3.22. The van der Waals surface area contributed by atoms with Gasteiger partial charge < -0.3 is 9.64 Å². The van der Waals surface area contributed by atoms with Crippen LogP contribution in [0.5, 0.6) is 0 Å². The van der Waals surface area contributed by atoms with Gasteiger partial charge in [-0.25, -0.2) is 4.79 Å². The van der Waals surface area contributed by atoms with Crippen LogP contribution in [-0.4, -0.2) is 35.0 Å². The highest BCUT2D eigenvalue weighted by Crippen LogP contribution is 2.35. The second-order valence-electron chi connectivity index (χ2n) is 5.39. The van der Waals surface area contributed by atoms with E-state index in [4.69, 9.17) is 4.74 Å². The minimum absolute atomic E-state index is 0.0718. The Hall–Kier alpha value is -1.06. The highest BCUT2D eigenvalue weighted by Gasteiger charge is 2.46. The summed E-state index contributed by atoms with van der Waals surface area (Å²) in [5.74, 6) is 0.377. The molecule has 1 saturated carbocycles. The molecule has 4 heteroatoms. The summed E-state index contributed by atoms with van der Waals surface area (Å²) in [5.41, 5.74) is -0.455. The lowest BCUT2D eigenvalue weighted by atomic mass is 10.1. The quantitative estimate of drug-likeness (QED) is 0.611. The lowest BCUT2D eigenvalue weighted by molar-refractivity contribution is -0.122. The SMILES string of the molecule is CC(C)(C)OC(=O)N1C[C@H]2C[C@@H]1CC2=O. The fourth-order valence-corrected chi connectivity index (χ4v) is 2.29. The summed E-state index contributed by atoms with van der Waals surface area (Å²) in [6.45, 7) is 6.11. The molecule has 0 aromatic rings. The van der Waals surface area contributed by atoms with Gasteiger partial charge in [-0.2, -0.15) is 0 Å². The van der Waals surface area contributed by atoms with E-state index in [2.05, 4.69) is 0 Å². The van der Waals surface area contributed by atoms with Crippen LogP contribution >= 0.6 is 0 Å². The van der Waals surface area contributed by atoms with Crippen LogP contribution in [-0.2, 0) is 9.53 Å². The second-order valence-corrected chi connectivity index (χ2v) is 5.39. The maximum Gasteiger partial charge on any atom is 0.410 e. The van der Waals surface area contributed by atoms with Gasteiger partial charge in [-0.15, -0.1) is 0 Å². The van der Waals surface area contributed by atoms with E-state index < -0.39 is 5.60 Å². The monoisotopic (exact) mass is 211 g/mol. The topological polar surface area (TPSA) is 46.6 Å². The Bertz CT molecular complexity index is 305. The molecule has 1 aliphatic carbocycles. The molecule has 84 valence electrons. The highest BCUT2D eigenvalue weighted by molar-refractivity contribution is 5.87. The number of amides is 1. The first-order valence-electron chi connectivity index (χ1n) is 5.39. The van der Waals surface area contributed by atoms with E-state index in [1.165, 1.54) is 0 Å². The van der Waals surface area contributed by atoms with Crippen LogP contribution in [0.25, 0.3) is 0 Å². The molecule has 1 heterocycles. The Morgan fingerprint density at radius 2 is 2.13 bits per heavy atom. The molecule has 1 amide bonds. The highest BCUT2D eigenvalue weighted by atomic mass is 16.6. The molecule has 0 aromatic heterocycles. The number of hydrogen-bond donors (Lipinski definition) is 0. The molecule has 2 bridgehead atoms. The van der Waals surface area contributed by atoms with Gasteiger partial charge in [0.1, 0.15) is 11.4 Å². The van der Waals surface area contributed by atoms with Crippen molar-refractivity contribution >= 4 is 11.9 Å². The molecule has 2 fully saturated rings. The Balaban J connectivity index is 1.97. The summed E-state index contributed by atoms with van der Waals surface area (Å²) in [6.07, 6.45) is 1.07. The van der Waals surface area contributed by atoms with Crippen molar-refractivity contribution in [2.45, 2.75) is 45.3 Å². The van der Waals surface area contributed by atoms with E-state index in [0.717, 1.165) is 6.42 Å². The molecule has 2 atom stereocenters. The minimum atomic E-state index is -0.455. The number of fused-ring (bicyclic) bond motifs is 2. The molecule has 1 aliphatic heterocycles. The third kappa shape index (κ3) is 1.98. The minimum Gasteiger partial charge on any atom is -0.444 e. The maximum absolute atomic E-state index is 11.7. The van der Waals surface area contributed by atoms with Gasteiger partial charge in [-0.3, -0.25) is 4.79 Å². The van der Waals surface area contributed by atoms with Gasteiger partial charge in [0.15, 0.2) is 0 Å². The lowest BCUT2D eigenvalue weighted by Crippen LogP contribution is -2.43. The summed E-state index contributed by atoms with van der Waals surface area (Å²) in [4.78, 5) is 24.8. The van der Waals surface area contributed by atoms with Gasteiger partial charge >= 0.3 is 6.09 Å². The number of carbonyl (C=O) groups is 2. The molecule has 2 aliphatic rings. The predicted molar refractivity (Wildman–Crippen MR) is 54.5 cm³/mol. The number of hydrogen-bond acceptors (Lipinski definition) is 3. The van der Waals surface area contributed by atoms with Gasteiger partial charge in [0.2, 0.25) is 0 Å². The van der Waals surface area contributed by atoms with Gasteiger partial charge in [0, 0.05) is 24.9 Å². The van der Waals surface area contributed by atoms with Crippen LogP contribution in [0.2, 0.25) is 0 Å². The number of carbonyl (C=O) groups excluding carboxylic acids is 2. The fraction of sp³-hybridized carbons (Fsp3) is 0.818. The largest absolute Gasteiger partial charge is 0.444 e. The third-order valence-corrected chi connectivity index (χ3v) is 2.93. The van der Waals surface area contributed by atoms with Crippen molar-refractivity contribution < 1.29 is 14.3 Å². The lowest BCUT2D eigenvalue weighted by Gasteiger charge is -2.29. The molecule has 15 heavy (non-hydrogen) atoms. The van der Waals surface area contributed by atoms with E-state index in [1.54, 1.807) is 4.90 Å². The molecule has 1 saturated heterocycles. The van der Waals surface area contributed by atoms with E-state index in [9.17, 15) is 9.59 Å². The molecule has 0 unspecified atom stereocenters. The standard InChI is InChI=1S/C11H17NO3/c1-11(2,3)15-10(14)12-6-7-4-8(12)5-9(7)13/h7-8H,4-6H2,1-3H3/t7-,8-/m1/s1. The maximum atomic E-state index is 11.7. The molecule has 0 spiro atoms. The van der Waals surface area contributed by atoms with Crippen LogP contribution in [0.4, 0.5) is 4.79 Å². The molecule has 4 nitrogen and oxygen atoms in total. The average molecular weight is 211 g/mol. The smallest absolute Gasteiger partial charge is 0.410 e. The number of ether oxygens (including phenoxy) is 1. The number of piperidine rings is 1. The van der Waals surface area contributed by atoms with Gasteiger partial charge in [-0.05, 0) is 27.2 Å². The van der Waals surface area contributed by atoms with Crippen LogP contribution in [0.3, 0.4) is 0 Å². The number of likely N-dealkylation sites (tertiary alicyclic amines) is 1. The summed E-state index contributed by atoms with van der Waals surface area (Å²) in [5, 5.41) is 0. The Labute approximate surface area is 89.6 Å². The molecule has 0 aromatic carbocycles. The van der Waals surface area contributed by atoms with E-state index in [-0.39, 0.29) is 18.1 Å². The van der Waals surface area contributed by atoms with Crippen LogP contribution < -0.4 is 0 Å². The fourth-order valence-electron chi connectivity index (χ4n) is 2.29. The predicted octanol–water partition coefficient (Wildman–Crippen LogP) is 1.58. The van der Waals surface area contributed by atoms with Crippen LogP contribution in [0.1, 0.15) is 33.6 Å². The van der Waals surface area contributed by atoms with E-state index >= 15 is 0 Å². The first-order valence-corrected chi connectivity index (χ1v) is 5.39. The molecular formula is C11H17NO3. The van der Waals surface area contributed by atoms with Crippen molar-refractivity contribution in [3.63, 3.8) is 0 Å². The summed E-state index contributed by atoms with van der Waals surface area (Å²) in [7, 11) is 0. The molecule has 0 radical (unpaired) electrons. The number of Topliss-reactive ketones (excluding diaryl/α,β-unsaturated/α-hetero) is 1. The Morgan fingerprint density at radius 3 is 2.53 bits per heavy atom. The van der Waals surface area contributed by atoms with E-state index in [0.29, 0.717) is 18.7 Å². The Kier molecular flexibility index (Phi) is 2.24. The van der Waals surface area contributed by atoms with Crippen LogP contribution in [0.15, 0.2) is 0 Å². The van der Waals surface area contributed by atoms with Crippen molar-refractivity contribution in [2.24, 2.45) is 5.92 Å². The van der Waals surface area contributed by atoms with E-state index in [1.807, 2.05) is 20.8 Å². The van der Waals surface area contributed by atoms with Crippen molar-refractivity contribution in [3.05, 3.63) is 0 Å². The zero-order chi connectivity index (χ0) is 11.2. The first kappa shape index (κ1) is 10.5. The molecular weight excluding hydrogens is 194 g/mol. The molecule has 0 N–H and O–H groups in total. The third-order valence-electron chi connectivity index (χ3n) is 2.93. The Morgan fingerprint density at radius 1 is 1.47 bits per heavy atom. The van der Waals surface area contributed by atoms with Crippen molar-refractivity contribution in [1.29, 1.82) is 0 Å². The zero-order valence-corrected chi connectivity index (χ0v) is 9.45.